The van der Waals surface area contributed by atoms with Gasteiger partial charge in [-0.25, -0.2) is 9.18 Å². The van der Waals surface area contributed by atoms with Gasteiger partial charge in [0.2, 0.25) is 0 Å². The summed E-state index contributed by atoms with van der Waals surface area (Å²) in [6.45, 7) is 2.54. The van der Waals surface area contributed by atoms with Crippen LogP contribution < -0.4 is 10.2 Å². The number of alkyl halides is 3. The van der Waals surface area contributed by atoms with Gasteiger partial charge in [-0.05, 0) is 24.3 Å². The summed E-state index contributed by atoms with van der Waals surface area (Å²) >= 11 is 0. The highest BCUT2D eigenvalue weighted by atomic mass is 19.4. The molecule has 1 unspecified atom stereocenters. The molecular weight excluding hydrogens is 304 g/mol. The number of nitrogens with one attached hydrogen (secondary N) is 1. The second-order valence-corrected chi connectivity index (χ2v) is 4.99. The molecule has 22 heavy (non-hydrogen) atoms. The quantitative estimate of drug-likeness (QED) is 0.686. The average Bonchev–Trinajstić information content (AvgIpc) is 2.47. The monoisotopic (exact) mass is 320 g/mol. The van der Waals surface area contributed by atoms with Gasteiger partial charge in [0.25, 0.3) is 0 Å². The number of carbonyl (C=O) groups is 1. The lowest BCUT2D eigenvalue weighted by Crippen LogP contribution is -2.64. The Morgan fingerprint density at radius 3 is 2.55 bits per heavy atom. The van der Waals surface area contributed by atoms with Gasteiger partial charge in [0.15, 0.2) is 5.72 Å². The maximum Gasteiger partial charge on any atom is 0.491 e. The molecule has 0 amide bonds. The summed E-state index contributed by atoms with van der Waals surface area (Å²) in [7, 11) is 0. The first-order valence-corrected chi connectivity index (χ1v) is 6.82. The van der Waals surface area contributed by atoms with E-state index >= 15 is 0 Å². The van der Waals surface area contributed by atoms with Crippen molar-refractivity contribution in [1.29, 1.82) is 0 Å². The van der Waals surface area contributed by atoms with Gasteiger partial charge in [-0.15, -0.1) is 0 Å². The van der Waals surface area contributed by atoms with Crippen LogP contribution in [0.15, 0.2) is 24.3 Å². The lowest BCUT2D eigenvalue weighted by Gasteiger charge is -2.47. The fourth-order valence-electron chi connectivity index (χ4n) is 2.47. The number of anilines is 1. The van der Waals surface area contributed by atoms with Crippen LogP contribution in [0, 0.1) is 5.82 Å². The first kappa shape index (κ1) is 16.5. The summed E-state index contributed by atoms with van der Waals surface area (Å²) in [5.41, 5.74) is -0.956. The predicted octanol–water partition coefficient (Wildman–Crippen LogP) is 2.45. The molecule has 4 nitrogen and oxygen atoms in total. The molecule has 0 aromatic heterocycles. The highest BCUT2D eigenvalue weighted by Gasteiger charge is 2.49. The third-order valence-corrected chi connectivity index (χ3v) is 3.61. The third-order valence-electron chi connectivity index (χ3n) is 3.61. The largest absolute Gasteiger partial charge is 0.491 e. The molecule has 122 valence electrons. The van der Waals surface area contributed by atoms with E-state index in [2.05, 4.69) is 5.32 Å². The molecule has 0 bridgehead atoms. The van der Waals surface area contributed by atoms with E-state index in [1.165, 1.54) is 24.3 Å². The van der Waals surface area contributed by atoms with Gasteiger partial charge in [0.05, 0.1) is 6.54 Å². The Hall–Kier alpha value is -1.83. The van der Waals surface area contributed by atoms with Gasteiger partial charge in [-0.3, -0.25) is 0 Å². The number of piperazine rings is 1. The summed E-state index contributed by atoms with van der Waals surface area (Å²) in [5, 5.41) is 2.93. The highest BCUT2D eigenvalue weighted by molar-refractivity contribution is 5.76. The summed E-state index contributed by atoms with van der Waals surface area (Å²) in [5.74, 6) is -2.68. The predicted molar refractivity (Wildman–Crippen MR) is 71.8 cm³/mol. The van der Waals surface area contributed by atoms with Crippen molar-refractivity contribution in [3.05, 3.63) is 30.1 Å². The Morgan fingerprint density at radius 2 is 2.00 bits per heavy atom. The number of halogens is 4. The van der Waals surface area contributed by atoms with Gasteiger partial charge >= 0.3 is 12.1 Å². The molecule has 1 saturated heterocycles. The number of ether oxygens (including phenoxy) is 1. The van der Waals surface area contributed by atoms with Gasteiger partial charge < -0.3 is 15.0 Å². The minimum Gasteiger partial charge on any atom is -0.431 e. The van der Waals surface area contributed by atoms with Gasteiger partial charge in [-0.1, -0.05) is 6.92 Å². The Morgan fingerprint density at radius 1 is 1.36 bits per heavy atom. The summed E-state index contributed by atoms with van der Waals surface area (Å²) < 4.78 is 55.4. The summed E-state index contributed by atoms with van der Waals surface area (Å²) in [6.07, 6.45) is -4.91. The molecule has 1 atom stereocenters. The topological polar surface area (TPSA) is 41.6 Å². The smallest absolute Gasteiger partial charge is 0.431 e. The number of carbonyl (C=O) groups excluding carboxylic acids is 1. The number of benzene rings is 1. The van der Waals surface area contributed by atoms with Crippen molar-refractivity contribution in [3.63, 3.8) is 0 Å². The molecule has 2 rings (SSSR count). The zero-order valence-corrected chi connectivity index (χ0v) is 11.9. The minimum absolute atomic E-state index is 0.0582. The van der Waals surface area contributed by atoms with E-state index in [1.54, 1.807) is 11.8 Å². The number of esters is 1. The van der Waals surface area contributed by atoms with Crippen molar-refractivity contribution >= 4 is 11.7 Å². The molecule has 0 aliphatic carbocycles. The van der Waals surface area contributed by atoms with Crippen molar-refractivity contribution in [1.82, 2.24) is 5.32 Å². The van der Waals surface area contributed by atoms with Crippen molar-refractivity contribution in [2.45, 2.75) is 25.2 Å². The lowest BCUT2D eigenvalue weighted by molar-refractivity contribution is -0.215. The third kappa shape index (κ3) is 3.32. The number of hydrogen-bond donors (Lipinski definition) is 1. The fraction of sp³-hybridized carbons (Fsp3) is 0.500. The van der Waals surface area contributed by atoms with Gasteiger partial charge in [0, 0.05) is 25.2 Å². The molecule has 1 aromatic rings. The number of nitrogens with zero attached hydrogens (tertiary/aromatic N) is 1. The van der Waals surface area contributed by atoms with Crippen LogP contribution in [0.1, 0.15) is 13.3 Å². The Kier molecular flexibility index (Phi) is 4.60. The van der Waals surface area contributed by atoms with E-state index in [-0.39, 0.29) is 13.0 Å². The van der Waals surface area contributed by atoms with Crippen LogP contribution in [0.5, 0.6) is 0 Å². The van der Waals surface area contributed by atoms with Crippen molar-refractivity contribution in [2.75, 3.05) is 24.5 Å². The zero-order chi connectivity index (χ0) is 16.4. The normalized spacial score (nSPS) is 22.5. The molecule has 0 spiro atoms. The van der Waals surface area contributed by atoms with Crippen LogP contribution in [0.25, 0.3) is 0 Å². The zero-order valence-electron chi connectivity index (χ0n) is 11.9. The van der Waals surface area contributed by atoms with Gasteiger partial charge in [-0.2, -0.15) is 13.2 Å². The van der Waals surface area contributed by atoms with E-state index in [9.17, 15) is 22.4 Å². The van der Waals surface area contributed by atoms with Crippen molar-refractivity contribution < 1.29 is 27.1 Å². The SMILES string of the molecule is CCC1(OC(=O)C(F)(F)F)CNCCN1c1ccc(F)cc1. The number of hydrogen-bond acceptors (Lipinski definition) is 4. The van der Waals surface area contributed by atoms with Crippen LogP contribution in [-0.4, -0.2) is 37.5 Å². The van der Waals surface area contributed by atoms with Gasteiger partial charge in [0.1, 0.15) is 5.82 Å². The molecule has 0 saturated carbocycles. The van der Waals surface area contributed by atoms with Crippen LogP contribution in [0.3, 0.4) is 0 Å². The van der Waals surface area contributed by atoms with E-state index in [4.69, 9.17) is 4.74 Å². The molecule has 8 heteroatoms. The van der Waals surface area contributed by atoms with E-state index in [1.807, 2.05) is 0 Å². The Bertz CT molecular complexity index is 533. The van der Waals surface area contributed by atoms with Crippen molar-refractivity contribution in [2.24, 2.45) is 0 Å². The molecule has 1 heterocycles. The molecule has 1 aliphatic heterocycles. The molecule has 1 aliphatic rings. The first-order valence-electron chi connectivity index (χ1n) is 6.82. The van der Waals surface area contributed by atoms with E-state index in [0.29, 0.717) is 18.8 Å². The standard InChI is InChI=1S/C14H16F4N2O2/c1-2-13(22-12(21)14(16,17)18)9-19-7-8-20(13)11-5-3-10(15)4-6-11/h3-6,19H,2,7-9H2,1H3. The molecule has 1 aromatic carbocycles. The van der Waals surface area contributed by atoms with Crippen LogP contribution in [-0.2, 0) is 9.53 Å². The minimum atomic E-state index is -5.06. The fourth-order valence-corrected chi connectivity index (χ4v) is 2.47. The first-order chi connectivity index (χ1) is 10.3. The molecular formula is C14H16F4N2O2. The second-order valence-electron chi connectivity index (χ2n) is 4.99. The summed E-state index contributed by atoms with van der Waals surface area (Å²) in [6, 6.07) is 5.33. The van der Waals surface area contributed by atoms with Crippen LogP contribution in [0.2, 0.25) is 0 Å². The maximum absolute atomic E-state index is 13.0. The lowest BCUT2D eigenvalue weighted by atomic mass is 10.0. The second kappa shape index (κ2) is 6.12. The van der Waals surface area contributed by atoms with E-state index < -0.39 is 23.7 Å². The molecule has 0 radical (unpaired) electrons. The van der Waals surface area contributed by atoms with Crippen LogP contribution >= 0.6 is 0 Å². The Labute approximate surface area is 125 Å². The van der Waals surface area contributed by atoms with E-state index in [0.717, 1.165) is 0 Å². The molecule has 1 N–H and O–H groups in total. The maximum atomic E-state index is 13.0. The molecule has 1 fully saturated rings. The Balaban J connectivity index is 2.32. The van der Waals surface area contributed by atoms with Crippen LogP contribution in [0.4, 0.5) is 23.2 Å². The average molecular weight is 320 g/mol. The number of rotatable bonds is 3. The highest BCUT2D eigenvalue weighted by Crippen LogP contribution is 2.32. The summed E-state index contributed by atoms with van der Waals surface area (Å²) in [4.78, 5) is 12.8. The van der Waals surface area contributed by atoms with Crippen molar-refractivity contribution in [3.8, 4) is 0 Å².